The van der Waals surface area contributed by atoms with Gasteiger partial charge in [0.2, 0.25) is 5.91 Å². The average molecular weight is 887 g/mol. The molecule has 310 valence electrons. The van der Waals surface area contributed by atoms with E-state index in [0.717, 1.165) is 34.5 Å². The number of para-hydroxylation sites is 4. The van der Waals surface area contributed by atoms with Gasteiger partial charge < -0.3 is 45.0 Å². The number of phenols is 1. The molecule has 2 aromatic heterocycles. The van der Waals surface area contributed by atoms with Gasteiger partial charge in [0.1, 0.15) is 11.5 Å². The van der Waals surface area contributed by atoms with Gasteiger partial charge in [-0.15, -0.1) is 0 Å². The van der Waals surface area contributed by atoms with E-state index in [4.69, 9.17) is 42.9 Å². The zero-order chi connectivity index (χ0) is 42.7. The third-order valence-corrected chi connectivity index (χ3v) is 9.67. The largest absolute Gasteiger partial charge is 1.00 e. The minimum atomic E-state index is -1.35. The number of aromatic hydroxyl groups is 1. The fourth-order valence-corrected chi connectivity index (χ4v) is 6.63. The van der Waals surface area contributed by atoms with E-state index in [1.165, 1.54) is 19.1 Å². The number of phenolic OH excluding ortho intramolecular Hbond substituents is 1. The minimum Gasteiger partial charge on any atom is -0.508 e. The van der Waals surface area contributed by atoms with E-state index >= 15 is 0 Å². The summed E-state index contributed by atoms with van der Waals surface area (Å²) in [4.78, 5) is 45.7. The van der Waals surface area contributed by atoms with E-state index in [-0.39, 0.29) is 53.4 Å². The Kier molecular flexibility index (Phi) is 21.0. The fourth-order valence-electron chi connectivity index (χ4n) is 5.07. The Hall–Kier alpha value is -5.00. The van der Waals surface area contributed by atoms with Crippen LogP contribution in [0.4, 0.5) is 17.1 Å². The van der Waals surface area contributed by atoms with E-state index in [1.54, 1.807) is 67.9 Å². The number of aromatic nitrogens is 3. The summed E-state index contributed by atoms with van der Waals surface area (Å²) in [6, 6.07) is 27.8. The molecule has 0 spiro atoms. The number of nitrogens with one attached hydrogen (secondary N) is 2. The first-order valence-corrected chi connectivity index (χ1v) is 20.0. The summed E-state index contributed by atoms with van der Waals surface area (Å²) in [7, 11) is 0.312. The van der Waals surface area contributed by atoms with Crippen molar-refractivity contribution in [2.75, 3.05) is 37.6 Å². The topological polar surface area (TPSA) is 200 Å². The van der Waals surface area contributed by atoms with E-state index < -0.39 is 29.3 Å². The summed E-state index contributed by atoms with van der Waals surface area (Å²) in [6.07, 6.45) is 2.42. The number of imidazole rings is 1. The first-order valence-electron chi connectivity index (χ1n) is 17.9. The molecule has 6 rings (SSSR count). The number of carboxylic acid groups (broad SMARTS) is 1. The van der Waals surface area contributed by atoms with E-state index in [2.05, 4.69) is 30.3 Å². The number of methoxy groups -OCH3 is 1. The molecule has 4 N–H and O–H groups in total. The predicted molar refractivity (Wildman–Crippen MR) is 227 cm³/mol. The van der Waals surface area contributed by atoms with Crippen molar-refractivity contribution in [3.63, 3.8) is 0 Å². The number of hydrogen-bond acceptors (Lipinski definition) is 11. The number of carbonyl (C=O) groups excluding carboxylic acids is 2. The fraction of sp³-hybridized carbons (Fsp3) is 0.214. The number of halogens is 2. The molecule has 0 saturated heterocycles. The van der Waals surface area contributed by atoms with Crippen LogP contribution < -0.4 is 49.9 Å². The Morgan fingerprint density at radius 2 is 1.58 bits per heavy atom. The second kappa shape index (κ2) is 25.6. The maximum absolute atomic E-state index is 12.6. The number of aliphatic carboxylic acids is 1. The molecule has 1 unspecified atom stereocenters. The summed E-state index contributed by atoms with van der Waals surface area (Å²) in [5, 5.41) is 24.3. The SMILES string of the molecule is CC(=O)Nc1ccc(O)cc1.COCCCOc1ccnc(CS(=O)c2nc3ccccc3[n-]2)c1C.O=C(O)COC(=O)Cc1ccccc1Nc1c(Cl)cccc1Cl.[Na+]. The van der Waals surface area contributed by atoms with Crippen molar-refractivity contribution < 1.29 is 72.6 Å². The standard InChI is InChI=1S/C18H20N3O3S.C16H13Cl2NO4.C8H9NO2.Na/c1-13-16(19-9-8-17(13)24-11-5-10-23-2)12-25(22)18-20-14-6-3-4-7-15(14)21-18;17-11-5-3-6-12(18)16(11)19-13-7-2-1-4-10(13)8-15(22)23-9-14(20)21;1-6(10)9-7-2-4-8(11)5-3-7;/h3-4,6-9H,5,10-12H2,1-2H3;1-7,19H,8-9H2,(H,20,21);2-5,11H,1H3,(H,9,10);/q-1;;;+1. The van der Waals surface area contributed by atoms with Crippen LogP contribution in [0.1, 0.15) is 30.2 Å². The van der Waals surface area contributed by atoms with Crippen LogP contribution in [0, 0.1) is 6.92 Å². The number of anilines is 3. The first-order chi connectivity index (χ1) is 28.3. The van der Waals surface area contributed by atoms with E-state index in [1.807, 2.05) is 37.3 Å². The maximum atomic E-state index is 12.6. The zero-order valence-corrected chi connectivity index (χ0v) is 37.6. The number of amides is 1. The van der Waals surface area contributed by atoms with Gasteiger partial charge in [-0.25, -0.2) is 4.79 Å². The van der Waals surface area contributed by atoms with E-state index in [9.17, 15) is 18.6 Å². The van der Waals surface area contributed by atoms with Crippen LogP contribution in [0.2, 0.25) is 10.0 Å². The molecule has 0 aliphatic carbocycles. The van der Waals surface area contributed by atoms with Crippen molar-refractivity contribution in [2.45, 2.75) is 37.6 Å². The van der Waals surface area contributed by atoms with Crippen molar-refractivity contribution in [1.29, 1.82) is 0 Å². The molecule has 14 nitrogen and oxygen atoms in total. The van der Waals surface area contributed by atoms with Crippen molar-refractivity contribution in [2.24, 2.45) is 0 Å². The van der Waals surface area contributed by atoms with Crippen LogP contribution >= 0.6 is 23.2 Å². The summed E-state index contributed by atoms with van der Waals surface area (Å²) < 4.78 is 28.1. The van der Waals surface area contributed by atoms with Gasteiger partial charge in [-0.3, -0.25) is 18.8 Å². The normalized spacial score (nSPS) is 10.8. The summed E-state index contributed by atoms with van der Waals surface area (Å²) in [6.45, 7) is 3.92. The van der Waals surface area contributed by atoms with Crippen LogP contribution in [0.25, 0.3) is 11.0 Å². The van der Waals surface area contributed by atoms with E-state index in [0.29, 0.717) is 51.0 Å². The number of benzene rings is 4. The molecule has 0 aliphatic rings. The van der Waals surface area contributed by atoms with Crippen LogP contribution in [0.3, 0.4) is 0 Å². The molecule has 0 aliphatic heterocycles. The number of nitrogens with zero attached hydrogens (tertiary/aromatic N) is 3. The van der Waals surface area contributed by atoms with Crippen LogP contribution in [-0.2, 0) is 46.8 Å². The molecule has 6 aromatic rings. The van der Waals surface area contributed by atoms with Gasteiger partial charge in [0, 0.05) is 55.4 Å². The molecular weight excluding hydrogens is 844 g/mol. The molecule has 18 heteroatoms. The second-order valence-corrected chi connectivity index (χ2v) is 14.6. The minimum absolute atomic E-state index is 0. The van der Waals surface area contributed by atoms with Gasteiger partial charge in [-0.05, 0) is 72.1 Å². The Morgan fingerprint density at radius 1 is 0.900 bits per heavy atom. The van der Waals surface area contributed by atoms with Crippen LogP contribution in [0.5, 0.6) is 11.5 Å². The Labute approximate surface area is 381 Å². The Morgan fingerprint density at radius 3 is 2.25 bits per heavy atom. The van der Waals surface area contributed by atoms with Crippen molar-refractivity contribution in [1.82, 2.24) is 15.0 Å². The van der Waals surface area contributed by atoms with Gasteiger partial charge in [-0.1, -0.05) is 71.7 Å². The number of carboxylic acids is 1. The quantitative estimate of drug-likeness (QED) is 0.0471. The zero-order valence-electron chi connectivity index (χ0n) is 33.3. The van der Waals surface area contributed by atoms with Gasteiger partial charge in [-0.2, -0.15) is 0 Å². The molecular formula is C42H42Cl2N5NaO9S. The maximum Gasteiger partial charge on any atom is 1.00 e. The molecule has 60 heavy (non-hydrogen) atoms. The average Bonchev–Trinajstić information content (AvgIpc) is 3.65. The number of fused-ring (bicyclic) bond motifs is 1. The smallest absolute Gasteiger partial charge is 0.508 e. The van der Waals surface area contributed by atoms with Crippen molar-refractivity contribution in [3.05, 3.63) is 130 Å². The molecule has 4 aromatic carbocycles. The Bertz CT molecular complexity index is 2310. The molecule has 0 saturated carbocycles. The molecule has 0 radical (unpaired) electrons. The summed E-state index contributed by atoms with van der Waals surface area (Å²) in [5.74, 6) is -0.738. The number of esters is 1. The molecule has 1 atom stereocenters. The number of ether oxygens (including phenoxy) is 3. The number of carbonyl (C=O) groups is 3. The molecule has 1 amide bonds. The van der Waals surface area contributed by atoms with Crippen LogP contribution in [0.15, 0.2) is 108 Å². The van der Waals surface area contributed by atoms with Crippen molar-refractivity contribution >= 4 is 79.9 Å². The summed E-state index contributed by atoms with van der Waals surface area (Å²) in [5.41, 5.74) is 5.63. The van der Waals surface area contributed by atoms with Crippen molar-refractivity contribution in [3.8, 4) is 11.5 Å². The third kappa shape index (κ3) is 16.2. The monoisotopic (exact) mass is 885 g/mol. The summed E-state index contributed by atoms with van der Waals surface area (Å²) >= 11 is 12.2. The van der Waals surface area contributed by atoms with Gasteiger partial charge in [0.15, 0.2) is 6.61 Å². The number of rotatable bonds is 15. The predicted octanol–water partition coefficient (Wildman–Crippen LogP) is 4.88. The second-order valence-electron chi connectivity index (χ2n) is 12.4. The third-order valence-electron chi connectivity index (χ3n) is 7.91. The van der Waals surface area contributed by atoms with Gasteiger partial charge in [0.05, 0.1) is 51.0 Å². The first kappa shape index (κ1) is 49.4. The molecule has 2 heterocycles. The van der Waals surface area contributed by atoms with Gasteiger partial charge >= 0.3 is 41.5 Å². The van der Waals surface area contributed by atoms with Crippen LogP contribution in [-0.4, -0.2) is 69.2 Å². The Balaban J connectivity index is 0.000000255. The number of hydrogen-bond donors (Lipinski definition) is 4. The number of pyridine rings is 1. The molecule has 0 fully saturated rings. The molecule has 0 bridgehead atoms. The van der Waals surface area contributed by atoms with Gasteiger partial charge in [0.25, 0.3) is 0 Å².